The molecule has 2 aromatic carbocycles. The Balaban J connectivity index is 1.67. The largest absolute Gasteiger partial charge is 0.493 e. The fraction of sp³-hybridized carbons (Fsp3) is 0.200. The van der Waals surface area contributed by atoms with Gasteiger partial charge in [0.1, 0.15) is 18.2 Å². The standard InChI is InChI=1S/C20H19ClFNO3/c1-24-19-10-14(11-23-12-16-6-4-8-25-16)9-17(21)20(19)26-13-15-5-2-3-7-18(15)22/h2-10,23H,11-13H2,1H3. The number of halogens is 2. The van der Waals surface area contributed by atoms with Crippen LogP contribution in [0.15, 0.2) is 59.2 Å². The van der Waals surface area contributed by atoms with Gasteiger partial charge in [-0.05, 0) is 35.9 Å². The molecule has 6 heteroatoms. The highest BCUT2D eigenvalue weighted by Crippen LogP contribution is 2.37. The fourth-order valence-electron chi connectivity index (χ4n) is 2.52. The van der Waals surface area contributed by atoms with Crippen LogP contribution in [0.1, 0.15) is 16.9 Å². The summed E-state index contributed by atoms with van der Waals surface area (Å²) in [5.74, 6) is 1.44. The van der Waals surface area contributed by atoms with Crippen molar-refractivity contribution < 1.29 is 18.3 Å². The van der Waals surface area contributed by atoms with E-state index in [1.54, 1.807) is 37.6 Å². The van der Waals surface area contributed by atoms with Gasteiger partial charge >= 0.3 is 0 Å². The molecule has 26 heavy (non-hydrogen) atoms. The maximum absolute atomic E-state index is 13.7. The van der Waals surface area contributed by atoms with E-state index in [1.165, 1.54) is 6.07 Å². The number of ether oxygens (including phenoxy) is 2. The van der Waals surface area contributed by atoms with E-state index >= 15 is 0 Å². The summed E-state index contributed by atoms with van der Waals surface area (Å²) in [6.45, 7) is 1.27. The van der Waals surface area contributed by atoms with Crippen molar-refractivity contribution >= 4 is 11.6 Å². The van der Waals surface area contributed by atoms with Crippen molar-refractivity contribution in [3.05, 3.63) is 82.5 Å². The third kappa shape index (κ3) is 4.56. The number of hydrogen-bond acceptors (Lipinski definition) is 4. The lowest BCUT2D eigenvalue weighted by molar-refractivity contribution is 0.279. The lowest BCUT2D eigenvalue weighted by Crippen LogP contribution is -2.12. The second kappa shape index (κ2) is 8.74. The molecule has 0 atom stereocenters. The Hall–Kier alpha value is -2.50. The Kier molecular flexibility index (Phi) is 6.15. The van der Waals surface area contributed by atoms with Crippen LogP contribution in [-0.2, 0) is 19.7 Å². The molecule has 136 valence electrons. The van der Waals surface area contributed by atoms with Gasteiger partial charge in [0, 0.05) is 12.1 Å². The second-order valence-electron chi connectivity index (χ2n) is 5.67. The van der Waals surface area contributed by atoms with Gasteiger partial charge in [-0.3, -0.25) is 0 Å². The number of rotatable bonds is 8. The molecule has 0 aliphatic heterocycles. The van der Waals surface area contributed by atoms with E-state index in [-0.39, 0.29) is 12.4 Å². The number of nitrogens with one attached hydrogen (secondary N) is 1. The van der Waals surface area contributed by atoms with Crippen LogP contribution in [0.25, 0.3) is 0 Å². The van der Waals surface area contributed by atoms with Crippen LogP contribution in [-0.4, -0.2) is 7.11 Å². The zero-order valence-electron chi connectivity index (χ0n) is 14.3. The van der Waals surface area contributed by atoms with Crippen LogP contribution < -0.4 is 14.8 Å². The molecule has 0 saturated carbocycles. The van der Waals surface area contributed by atoms with Gasteiger partial charge in [0.15, 0.2) is 11.5 Å². The number of furan rings is 1. The minimum atomic E-state index is -0.318. The summed E-state index contributed by atoms with van der Waals surface area (Å²) < 4.78 is 30.1. The first-order chi connectivity index (χ1) is 12.7. The normalized spacial score (nSPS) is 10.7. The molecule has 0 fully saturated rings. The Morgan fingerprint density at radius 1 is 1.12 bits per heavy atom. The molecule has 0 bridgehead atoms. The molecule has 3 rings (SSSR count). The quantitative estimate of drug-likeness (QED) is 0.605. The van der Waals surface area contributed by atoms with Gasteiger partial charge < -0.3 is 19.2 Å². The molecule has 1 N–H and O–H groups in total. The highest BCUT2D eigenvalue weighted by atomic mass is 35.5. The number of hydrogen-bond donors (Lipinski definition) is 1. The minimum Gasteiger partial charge on any atom is -0.493 e. The average Bonchev–Trinajstić information content (AvgIpc) is 3.15. The molecule has 0 saturated heterocycles. The third-order valence-electron chi connectivity index (χ3n) is 3.83. The fourth-order valence-corrected chi connectivity index (χ4v) is 2.81. The Labute approximate surface area is 156 Å². The first-order valence-electron chi connectivity index (χ1n) is 8.13. The van der Waals surface area contributed by atoms with Crippen LogP contribution in [0, 0.1) is 5.82 Å². The molecule has 4 nitrogen and oxygen atoms in total. The van der Waals surface area contributed by atoms with Crippen LogP contribution in [0.2, 0.25) is 5.02 Å². The van der Waals surface area contributed by atoms with Gasteiger partial charge in [-0.1, -0.05) is 29.8 Å². The van der Waals surface area contributed by atoms with Gasteiger partial charge in [-0.15, -0.1) is 0 Å². The summed E-state index contributed by atoms with van der Waals surface area (Å²) in [5.41, 5.74) is 1.39. The van der Waals surface area contributed by atoms with Gasteiger partial charge in [0.25, 0.3) is 0 Å². The molecule has 1 aromatic heterocycles. The summed E-state index contributed by atoms with van der Waals surface area (Å²) in [5, 5.41) is 3.68. The molecular formula is C20H19ClFNO3. The van der Waals surface area contributed by atoms with Crippen molar-refractivity contribution in [3.63, 3.8) is 0 Å². The van der Waals surface area contributed by atoms with E-state index in [2.05, 4.69) is 5.32 Å². The van der Waals surface area contributed by atoms with Crippen molar-refractivity contribution in [1.29, 1.82) is 0 Å². The highest BCUT2D eigenvalue weighted by molar-refractivity contribution is 6.32. The van der Waals surface area contributed by atoms with Crippen molar-refractivity contribution in [2.24, 2.45) is 0 Å². The predicted molar refractivity (Wildman–Crippen MR) is 98.0 cm³/mol. The van der Waals surface area contributed by atoms with Crippen molar-refractivity contribution in [2.75, 3.05) is 7.11 Å². The molecule has 0 radical (unpaired) electrons. The lowest BCUT2D eigenvalue weighted by atomic mass is 10.2. The van der Waals surface area contributed by atoms with Gasteiger partial charge in [-0.2, -0.15) is 0 Å². The lowest BCUT2D eigenvalue weighted by Gasteiger charge is -2.15. The van der Waals surface area contributed by atoms with Crippen molar-refractivity contribution in [2.45, 2.75) is 19.7 Å². The van der Waals surface area contributed by atoms with Gasteiger partial charge in [0.2, 0.25) is 0 Å². The first kappa shape index (κ1) is 18.3. The maximum atomic E-state index is 13.7. The zero-order chi connectivity index (χ0) is 18.4. The van der Waals surface area contributed by atoms with Crippen LogP contribution >= 0.6 is 11.6 Å². The highest BCUT2D eigenvalue weighted by Gasteiger charge is 2.13. The summed E-state index contributed by atoms with van der Waals surface area (Å²) >= 11 is 6.35. The monoisotopic (exact) mass is 375 g/mol. The second-order valence-corrected chi connectivity index (χ2v) is 6.08. The summed E-state index contributed by atoms with van der Waals surface area (Å²) in [4.78, 5) is 0. The van der Waals surface area contributed by atoms with Crippen LogP contribution in [0.4, 0.5) is 4.39 Å². The smallest absolute Gasteiger partial charge is 0.180 e. The van der Waals surface area contributed by atoms with E-state index in [1.807, 2.05) is 18.2 Å². The molecule has 0 unspecified atom stereocenters. The minimum absolute atomic E-state index is 0.0683. The molecule has 0 aliphatic carbocycles. The molecule has 0 amide bonds. The Morgan fingerprint density at radius 3 is 2.69 bits per heavy atom. The molecule has 0 aliphatic rings. The maximum Gasteiger partial charge on any atom is 0.180 e. The summed E-state index contributed by atoms with van der Waals surface area (Å²) in [6, 6.07) is 13.9. The number of benzene rings is 2. The van der Waals surface area contributed by atoms with Crippen molar-refractivity contribution in [1.82, 2.24) is 5.32 Å². The molecule has 3 aromatic rings. The number of methoxy groups -OCH3 is 1. The van der Waals surface area contributed by atoms with E-state index < -0.39 is 0 Å². The molecule has 0 spiro atoms. The van der Waals surface area contributed by atoms with Gasteiger partial charge in [-0.25, -0.2) is 4.39 Å². The van der Waals surface area contributed by atoms with E-state index in [0.717, 1.165) is 11.3 Å². The van der Waals surface area contributed by atoms with E-state index in [9.17, 15) is 4.39 Å². The predicted octanol–water partition coefficient (Wildman–Crippen LogP) is 4.95. The average molecular weight is 376 g/mol. The first-order valence-corrected chi connectivity index (χ1v) is 8.51. The van der Waals surface area contributed by atoms with Crippen LogP contribution in [0.5, 0.6) is 11.5 Å². The van der Waals surface area contributed by atoms with Crippen molar-refractivity contribution in [3.8, 4) is 11.5 Å². The topological polar surface area (TPSA) is 43.6 Å². The van der Waals surface area contributed by atoms with Crippen LogP contribution in [0.3, 0.4) is 0 Å². The summed E-state index contributed by atoms with van der Waals surface area (Å²) in [7, 11) is 1.54. The zero-order valence-corrected chi connectivity index (χ0v) is 15.1. The molecule has 1 heterocycles. The van der Waals surface area contributed by atoms with Gasteiger partial charge in [0.05, 0.1) is 24.9 Å². The van der Waals surface area contributed by atoms with E-state index in [4.69, 9.17) is 25.5 Å². The summed E-state index contributed by atoms with van der Waals surface area (Å²) in [6.07, 6.45) is 1.64. The van der Waals surface area contributed by atoms with E-state index in [0.29, 0.717) is 35.2 Å². The Morgan fingerprint density at radius 2 is 1.96 bits per heavy atom. The third-order valence-corrected chi connectivity index (χ3v) is 4.11. The SMILES string of the molecule is COc1cc(CNCc2ccco2)cc(Cl)c1OCc1ccccc1F. The molecular weight excluding hydrogens is 357 g/mol. The Bertz CT molecular complexity index is 852.